The molecule has 5 N–H and O–H groups in total. The maximum absolute atomic E-state index is 14.5. The fraction of sp³-hybridized carbons (Fsp3) is 0.543. The number of aromatic nitrogens is 1. The van der Waals surface area contributed by atoms with Crippen molar-refractivity contribution in [3.63, 3.8) is 0 Å². The highest BCUT2D eigenvalue weighted by molar-refractivity contribution is 5.97. The number of hydrogen-bond donors (Lipinski definition) is 5. The maximum atomic E-state index is 14.5. The summed E-state index contributed by atoms with van der Waals surface area (Å²) in [5.74, 6) is -3.77. The number of aliphatic carboxylic acids is 1. The van der Waals surface area contributed by atoms with E-state index < -0.39 is 65.7 Å². The minimum atomic E-state index is -2.98. The molecule has 1 aliphatic carbocycles. The van der Waals surface area contributed by atoms with Crippen LogP contribution in [0.4, 0.5) is 8.78 Å². The number of carbonyl (C=O) groups is 6. The Morgan fingerprint density at radius 3 is 2.39 bits per heavy atom. The average Bonchev–Trinajstić information content (AvgIpc) is 3.89. The molecule has 0 spiro atoms. The summed E-state index contributed by atoms with van der Waals surface area (Å²) in [4.78, 5) is 81.3. The Bertz CT molecular complexity index is 1610. The standard InChI is InChI=1S/C35H44F2N6O8/c1-51-23-11-9-21(10-12-23)35(15-3-4-16-35)33(50)41-24-7-2-5-17-38-28(44)14-13-25(32(48)49)40-30(46)27-19-22(20-43(27)31(24)47)39-29(45)26-8-6-18-42(26)34(36)37/h6,8-12,18,22,24-25,27,34H,2-5,7,13-17,19-20H2,1H3,(H,38,44)(H,39,45)(H,40,46)(H,41,50)(H,48,49)/t22-,24+,25+,27+/m1/s1. The Balaban J connectivity index is 1.44. The Morgan fingerprint density at radius 1 is 1.00 bits per heavy atom. The number of alkyl halides is 2. The number of fused-ring (bicyclic) bond motifs is 1. The molecule has 16 heteroatoms. The Kier molecular flexibility index (Phi) is 11.9. The lowest BCUT2D eigenvalue weighted by Gasteiger charge is -2.33. The molecule has 5 rings (SSSR count). The van der Waals surface area contributed by atoms with Gasteiger partial charge in [-0.05, 0) is 74.8 Å². The highest BCUT2D eigenvalue weighted by Gasteiger charge is 2.47. The lowest BCUT2D eigenvalue weighted by atomic mass is 9.77. The number of carboxylic acid groups (broad SMARTS) is 1. The Labute approximate surface area is 293 Å². The molecule has 5 amide bonds. The third-order valence-electron chi connectivity index (χ3n) is 10.1. The van der Waals surface area contributed by atoms with E-state index in [4.69, 9.17) is 4.74 Å². The van der Waals surface area contributed by atoms with Crippen molar-refractivity contribution >= 4 is 35.5 Å². The molecule has 1 aromatic heterocycles. The van der Waals surface area contributed by atoms with E-state index in [9.17, 15) is 42.7 Å². The van der Waals surface area contributed by atoms with Crippen LogP contribution in [0.3, 0.4) is 0 Å². The predicted octanol–water partition coefficient (Wildman–Crippen LogP) is 2.24. The van der Waals surface area contributed by atoms with Gasteiger partial charge in [0.05, 0.1) is 12.5 Å². The molecule has 2 aromatic rings. The molecule has 2 aliphatic heterocycles. The SMILES string of the molecule is COc1ccc(C2(C(=O)N[C@H]3CCCCNC(=O)CC[C@@H](C(=O)O)NC(=O)[C@@H]4C[C@@H](NC(=O)c5cccn5C(F)F)CN4C3=O)CCCC2)cc1. The first kappa shape index (κ1) is 37.2. The summed E-state index contributed by atoms with van der Waals surface area (Å²) in [7, 11) is 1.55. The summed E-state index contributed by atoms with van der Waals surface area (Å²) in [6, 6.07) is 5.03. The first-order valence-corrected chi connectivity index (χ1v) is 17.2. The second kappa shape index (κ2) is 16.3. The molecule has 51 heavy (non-hydrogen) atoms. The van der Waals surface area contributed by atoms with Crippen molar-refractivity contribution in [2.75, 3.05) is 20.2 Å². The van der Waals surface area contributed by atoms with Gasteiger partial charge < -0.3 is 36.0 Å². The molecule has 3 heterocycles. The fourth-order valence-corrected chi connectivity index (χ4v) is 7.33. The Hall–Kier alpha value is -5.02. The monoisotopic (exact) mass is 714 g/mol. The van der Waals surface area contributed by atoms with Crippen LogP contribution >= 0.6 is 0 Å². The number of hydrogen-bond acceptors (Lipinski definition) is 7. The summed E-state index contributed by atoms with van der Waals surface area (Å²) in [5, 5.41) is 20.6. The van der Waals surface area contributed by atoms with Crippen LogP contribution in [0, 0.1) is 0 Å². The number of halogens is 2. The minimum Gasteiger partial charge on any atom is -0.497 e. The van der Waals surface area contributed by atoms with Gasteiger partial charge in [-0.1, -0.05) is 25.0 Å². The zero-order chi connectivity index (χ0) is 36.7. The number of benzene rings is 1. The van der Waals surface area contributed by atoms with Crippen LogP contribution in [0.1, 0.15) is 86.8 Å². The maximum Gasteiger partial charge on any atom is 0.326 e. The van der Waals surface area contributed by atoms with Gasteiger partial charge in [-0.15, -0.1) is 0 Å². The number of carbonyl (C=O) groups excluding carboxylic acids is 5. The van der Waals surface area contributed by atoms with Crippen molar-refractivity contribution in [3.05, 3.63) is 53.9 Å². The summed E-state index contributed by atoms with van der Waals surface area (Å²) in [6.45, 7) is -2.92. The minimum absolute atomic E-state index is 0.151. The van der Waals surface area contributed by atoms with E-state index in [1.807, 2.05) is 12.1 Å². The van der Waals surface area contributed by atoms with E-state index in [2.05, 4.69) is 21.3 Å². The molecule has 1 aromatic carbocycles. The van der Waals surface area contributed by atoms with Crippen molar-refractivity contribution in [1.82, 2.24) is 30.7 Å². The number of rotatable bonds is 8. The molecule has 0 bridgehead atoms. The molecular weight excluding hydrogens is 670 g/mol. The molecule has 276 valence electrons. The number of nitrogens with zero attached hydrogens (tertiary/aromatic N) is 2. The van der Waals surface area contributed by atoms with E-state index in [0.717, 1.165) is 24.6 Å². The third-order valence-corrected chi connectivity index (χ3v) is 10.1. The van der Waals surface area contributed by atoms with Crippen molar-refractivity contribution in [1.29, 1.82) is 0 Å². The van der Waals surface area contributed by atoms with E-state index in [-0.39, 0.29) is 50.4 Å². The van der Waals surface area contributed by atoms with Gasteiger partial charge in [0.15, 0.2) is 0 Å². The summed E-state index contributed by atoms with van der Waals surface area (Å²) in [6.07, 6.45) is 4.28. The summed E-state index contributed by atoms with van der Waals surface area (Å²) in [5.41, 5.74) is -0.454. The van der Waals surface area contributed by atoms with Gasteiger partial charge in [0.25, 0.3) is 5.91 Å². The van der Waals surface area contributed by atoms with Gasteiger partial charge >= 0.3 is 12.5 Å². The molecule has 0 unspecified atom stereocenters. The highest BCUT2D eigenvalue weighted by atomic mass is 19.3. The molecule has 14 nitrogen and oxygen atoms in total. The first-order chi connectivity index (χ1) is 24.4. The zero-order valence-corrected chi connectivity index (χ0v) is 28.4. The van der Waals surface area contributed by atoms with Gasteiger partial charge in [0.1, 0.15) is 29.6 Å². The normalized spacial score (nSPS) is 24.5. The van der Waals surface area contributed by atoms with Crippen LogP contribution in [0.15, 0.2) is 42.6 Å². The molecular formula is C35H44F2N6O8. The van der Waals surface area contributed by atoms with Crippen LogP contribution in [0.2, 0.25) is 0 Å². The summed E-state index contributed by atoms with van der Waals surface area (Å²) >= 11 is 0. The number of methoxy groups -OCH3 is 1. The first-order valence-electron chi connectivity index (χ1n) is 17.2. The topological polar surface area (TPSA) is 188 Å². The summed E-state index contributed by atoms with van der Waals surface area (Å²) < 4.78 is 32.8. The van der Waals surface area contributed by atoms with Crippen LogP contribution in [-0.2, 0) is 29.4 Å². The Morgan fingerprint density at radius 2 is 1.73 bits per heavy atom. The molecule has 3 aliphatic rings. The number of ether oxygens (including phenoxy) is 1. The number of nitrogens with one attached hydrogen (secondary N) is 4. The molecule has 4 atom stereocenters. The smallest absolute Gasteiger partial charge is 0.326 e. The largest absolute Gasteiger partial charge is 0.497 e. The van der Waals surface area contributed by atoms with Crippen molar-refractivity contribution in [2.24, 2.45) is 0 Å². The van der Waals surface area contributed by atoms with Crippen LogP contribution in [0.25, 0.3) is 0 Å². The highest BCUT2D eigenvalue weighted by Crippen LogP contribution is 2.42. The number of amides is 5. The van der Waals surface area contributed by atoms with Gasteiger partial charge in [0, 0.05) is 31.7 Å². The van der Waals surface area contributed by atoms with Gasteiger partial charge in [-0.25, -0.2) is 4.79 Å². The fourth-order valence-electron chi connectivity index (χ4n) is 7.33. The van der Waals surface area contributed by atoms with E-state index in [1.165, 1.54) is 17.0 Å². The second-order valence-electron chi connectivity index (χ2n) is 13.3. The van der Waals surface area contributed by atoms with Gasteiger partial charge in [-0.2, -0.15) is 8.78 Å². The van der Waals surface area contributed by atoms with Crippen LogP contribution in [0.5, 0.6) is 5.75 Å². The van der Waals surface area contributed by atoms with E-state index >= 15 is 0 Å². The zero-order valence-electron chi connectivity index (χ0n) is 28.4. The molecule has 2 saturated heterocycles. The van der Waals surface area contributed by atoms with Gasteiger partial charge in [-0.3, -0.25) is 28.5 Å². The molecule has 3 fully saturated rings. The van der Waals surface area contributed by atoms with Crippen LogP contribution in [-0.4, -0.2) is 94.4 Å². The van der Waals surface area contributed by atoms with E-state index in [0.29, 0.717) is 36.0 Å². The lowest BCUT2D eigenvalue weighted by Crippen LogP contribution is -2.57. The molecule has 1 saturated carbocycles. The second-order valence-corrected chi connectivity index (χ2v) is 13.3. The predicted molar refractivity (Wildman–Crippen MR) is 178 cm³/mol. The quantitative estimate of drug-likeness (QED) is 0.275. The number of carboxylic acids is 1. The van der Waals surface area contributed by atoms with Crippen molar-refractivity contribution < 1.29 is 47.4 Å². The van der Waals surface area contributed by atoms with E-state index in [1.54, 1.807) is 19.2 Å². The van der Waals surface area contributed by atoms with Crippen LogP contribution < -0.4 is 26.0 Å². The van der Waals surface area contributed by atoms with Crippen molar-refractivity contribution in [2.45, 2.75) is 100 Å². The lowest BCUT2D eigenvalue weighted by molar-refractivity contribution is -0.145. The molecule has 0 radical (unpaired) electrons. The third kappa shape index (κ3) is 8.48. The average molecular weight is 715 g/mol. The van der Waals surface area contributed by atoms with Crippen molar-refractivity contribution in [3.8, 4) is 5.75 Å². The van der Waals surface area contributed by atoms with Gasteiger partial charge in [0.2, 0.25) is 23.6 Å².